The van der Waals surface area contributed by atoms with Crippen LogP contribution in [0, 0.1) is 0 Å². The lowest BCUT2D eigenvalue weighted by atomic mass is 10.1. The van der Waals surface area contributed by atoms with Crippen molar-refractivity contribution in [2.45, 2.75) is 6.42 Å². The van der Waals surface area contributed by atoms with E-state index in [0.29, 0.717) is 28.7 Å². The third-order valence-electron chi connectivity index (χ3n) is 5.95. The van der Waals surface area contributed by atoms with Crippen LogP contribution in [0.25, 0.3) is 16.8 Å². The van der Waals surface area contributed by atoms with Crippen LogP contribution in [0.15, 0.2) is 67.0 Å². The number of hydrogen-bond donors (Lipinski definition) is 2. The van der Waals surface area contributed by atoms with Crippen molar-refractivity contribution >= 4 is 28.8 Å². The molecule has 3 heterocycles. The highest BCUT2D eigenvalue weighted by Gasteiger charge is 2.14. The molecule has 1 saturated heterocycles. The number of fused-ring (bicyclic) bond motifs is 1. The molecule has 2 aromatic carbocycles. The van der Waals surface area contributed by atoms with Gasteiger partial charge in [0.25, 0.3) is 5.91 Å². The fourth-order valence-electron chi connectivity index (χ4n) is 4.10. The molecule has 35 heavy (non-hydrogen) atoms. The number of benzene rings is 2. The quantitative estimate of drug-likeness (QED) is 0.363. The molecule has 0 atom stereocenters. The van der Waals surface area contributed by atoms with Crippen molar-refractivity contribution in [1.29, 1.82) is 0 Å². The number of nitrogens with one attached hydrogen (secondary N) is 2. The first-order chi connectivity index (χ1) is 17.2. The number of anilines is 1. The maximum absolute atomic E-state index is 12.9. The average Bonchev–Trinajstić information content (AvgIpc) is 3.31. The summed E-state index contributed by atoms with van der Waals surface area (Å²) in [4.78, 5) is 19.9. The first-order valence-electron chi connectivity index (χ1n) is 11.7. The number of carbonyl (C=O) groups excluding carboxylic acids is 1. The summed E-state index contributed by atoms with van der Waals surface area (Å²) in [6.07, 6.45) is 4.43. The molecule has 1 aliphatic rings. The fraction of sp³-hybridized carbons (Fsp3) is 0.269. The largest absolute Gasteiger partial charge is 0.494 e. The second kappa shape index (κ2) is 10.9. The van der Waals surface area contributed by atoms with Crippen molar-refractivity contribution in [3.63, 3.8) is 0 Å². The summed E-state index contributed by atoms with van der Waals surface area (Å²) < 4.78 is 7.50. The highest BCUT2D eigenvalue weighted by Crippen LogP contribution is 2.26. The Kier molecular flexibility index (Phi) is 7.23. The molecule has 0 saturated carbocycles. The molecule has 1 amide bonds. The average molecular weight is 491 g/mol. The van der Waals surface area contributed by atoms with Crippen LogP contribution in [0.5, 0.6) is 5.75 Å². The van der Waals surface area contributed by atoms with E-state index in [1.807, 2.05) is 48.5 Å². The number of ether oxygens (including phenoxy) is 1. The predicted octanol–water partition coefficient (Wildman–Crippen LogP) is 3.98. The van der Waals surface area contributed by atoms with E-state index in [2.05, 4.69) is 25.6 Å². The standard InChI is InChI=1S/C26H27ClN6O2/c27-20-4-1-3-19(17-20)23-18-29-33-13-9-24(31-25(23)33)26(34)30-21-5-7-22(8-6-21)35-16-2-12-32-14-10-28-11-15-32/h1,3-9,13,17-18,28H,2,10-12,14-16H2,(H,30,34). The zero-order chi connectivity index (χ0) is 24.0. The Morgan fingerprint density at radius 1 is 1.11 bits per heavy atom. The number of carbonyl (C=O) groups is 1. The van der Waals surface area contributed by atoms with E-state index in [4.69, 9.17) is 16.3 Å². The summed E-state index contributed by atoms with van der Waals surface area (Å²) in [6, 6.07) is 16.5. The third kappa shape index (κ3) is 5.79. The summed E-state index contributed by atoms with van der Waals surface area (Å²) in [5.74, 6) is 0.490. The monoisotopic (exact) mass is 490 g/mol. The molecule has 0 aliphatic carbocycles. The maximum atomic E-state index is 12.9. The molecule has 8 nitrogen and oxygen atoms in total. The van der Waals surface area contributed by atoms with Crippen LogP contribution in [-0.4, -0.2) is 64.7 Å². The van der Waals surface area contributed by atoms with Crippen molar-refractivity contribution in [2.24, 2.45) is 0 Å². The third-order valence-corrected chi connectivity index (χ3v) is 6.18. The van der Waals surface area contributed by atoms with Gasteiger partial charge in [-0.15, -0.1) is 0 Å². The van der Waals surface area contributed by atoms with Gasteiger partial charge in [0.15, 0.2) is 5.65 Å². The highest BCUT2D eigenvalue weighted by molar-refractivity contribution is 6.30. The lowest BCUT2D eigenvalue weighted by Gasteiger charge is -2.26. The number of nitrogens with zero attached hydrogens (tertiary/aromatic N) is 4. The van der Waals surface area contributed by atoms with Gasteiger partial charge in [-0.2, -0.15) is 5.10 Å². The van der Waals surface area contributed by atoms with Crippen molar-refractivity contribution < 1.29 is 9.53 Å². The van der Waals surface area contributed by atoms with Crippen LogP contribution >= 0.6 is 11.6 Å². The first-order valence-corrected chi connectivity index (χ1v) is 12.1. The van der Waals surface area contributed by atoms with Crippen molar-refractivity contribution in [3.05, 3.63) is 77.7 Å². The van der Waals surface area contributed by atoms with Gasteiger partial charge in [0.1, 0.15) is 11.4 Å². The van der Waals surface area contributed by atoms with Gasteiger partial charge in [-0.05, 0) is 54.4 Å². The molecule has 0 bridgehead atoms. The van der Waals surface area contributed by atoms with Gasteiger partial charge in [0.2, 0.25) is 0 Å². The van der Waals surface area contributed by atoms with Crippen LogP contribution in [0.4, 0.5) is 5.69 Å². The van der Waals surface area contributed by atoms with Gasteiger partial charge in [-0.3, -0.25) is 4.79 Å². The zero-order valence-corrected chi connectivity index (χ0v) is 20.0. The van der Waals surface area contributed by atoms with Crippen LogP contribution < -0.4 is 15.4 Å². The van der Waals surface area contributed by atoms with Gasteiger partial charge in [-0.1, -0.05) is 23.7 Å². The molecule has 5 rings (SSSR count). The molecule has 0 radical (unpaired) electrons. The number of aromatic nitrogens is 3. The van der Waals surface area contributed by atoms with Crippen LogP contribution in [0.3, 0.4) is 0 Å². The number of piperazine rings is 1. The van der Waals surface area contributed by atoms with E-state index in [9.17, 15) is 4.79 Å². The molecule has 2 aromatic heterocycles. The molecule has 9 heteroatoms. The van der Waals surface area contributed by atoms with Crippen LogP contribution in [0.1, 0.15) is 16.9 Å². The molecular formula is C26H27ClN6O2. The van der Waals surface area contributed by atoms with E-state index < -0.39 is 0 Å². The predicted molar refractivity (Wildman–Crippen MR) is 137 cm³/mol. The second-order valence-electron chi connectivity index (χ2n) is 8.42. The van der Waals surface area contributed by atoms with Gasteiger partial charge in [0, 0.05) is 55.2 Å². The topological polar surface area (TPSA) is 83.8 Å². The minimum absolute atomic E-state index is 0.296. The highest BCUT2D eigenvalue weighted by atomic mass is 35.5. The number of hydrogen-bond acceptors (Lipinski definition) is 6. The Morgan fingerprint density at radius 3 is 2.74 bits per heavy atom. The smallest absolute Gasteiger partial charge is 0.274 e. The fourth-order valence-corrected chi connectivity index (χ4v) is 4.29. The molecule has 0 spiro atoms. The van der Waals surface area contributed by atoms with Gasteiger partial charge in [-0.25, -0.2) is 9.50 Å². The summed E-state index contributed by atoms with van der Waals surface area (Å²) in [5.41, 5.74) is 3.26. The van der Waals surface area contributed by atoms with Gasteiger partial charge in [0.05, 0.1) is 12.8 Å². The van der Waals surface area contributed by atoms with E-state index in [1.54, 1.807) is 23.0 Å². The number of rotatable bonds is 8. The van der Waals surface area contributed by atoms with Crippen molar-refractivity contribution in [2.75, 3.05) is 44.6 Å². The van der Waals surface area contributed by atoms with E-state index in [0.717, 1.165) is 56.0 Å². The Morgan fingerprint density at radius 2 is 1.94 bits per heavy atom. The first kappa shape index (κ1) is 23.3. The van der Waals surface area contributed by atoms with E-state index in [-0.39, 0.29) is 5.91 Å². The normalized spacial score (nSPS) is 14.2. The van der Waals surface area contributed by atoms with Crippen LogP contribution in [-0.2, 0) is 0 Å². The molecule has 1 fully saturated rings. The number of amides is 1. The molecule has 1 aliphatic heterocycles. The minimum atomic E-state index is -0.296. The second-order valence-corrected chi connectivity index (χ2v) is 8.86. The lowest BCUT2D eigenvalue weighted by Crippen LogP contribution is -2.43. The van der Waals surface area contributed by atoms with E-state index >= 15 is 0 Å². The van der Waals surface area contributed by atoms with Crippen molar-refractivity contribution in [3.8, 4) is 16.9 Å². The van der Waals surface area contributed by atoms with E-state index in [1.165, 1.54) is 0 Å². The molecular weight excluding hydrogens is 464 g/mol. The summed E-state index contributed by atoms with van der Waals surface area (Å²) in [5, 5.41) is 11.2. The van der Waals surface area contributed by atoms with Crippen LogP contribution in [0.2, 0.25) is 5.02 Å². The molecule has 2 N–H and O–H groups in total. The minimum Gasteiger partial charge on any atom is -0.494 e. The summed E-state index contributed by atoms with van der Waals surface area (Å²) in [7, 11) is 0. The number of halogens is 1. The zero-order valence-electron chi connectivity index (χ0n) is 19.3. The Hall–Kier alpha value is -3.46. The maximum Gasteiger partial charge on any atom is 0.274 e. The summed E-state index contributed by atoms with van der Waals surface area (Å²) >= 11 is 6.14. The SMILES string of the molecule is O=C(Nc1ccc(OCCCN2CCNCC2)cc1)c1ccn2ncc(-c3cccc(Cl)c3)c2n1. The lowest BCUT2D eigenvalue weighted by molar-refractivity contribution is 0.102. The molecule has 4 aromatic rings. The molecule has 0 unspecified atom stereocenters. The Bertz CT molecular complexity index is 1300. The van der Waals surface area contributed by atoms with Crippen molar-refractivity contribution in [1.82, 2.24) is 24.8 Å². The molecule has 180 valence electrons. The Balaban J connectivity index is 1.19. The Labute approximate surface area is 208 Å². The van der Waals surface area contributed by atoms with Gasteiger partial charge < -0.3 is 20.3 Å². The summed E-state index contributed by atoms with van der Waals surface area (Å²) in [6.45, 7) is 6.02. The van der Waals surface area contributed by atoms with Gasteiger partial charge >= 0.3 is 0 Å².